The highest BCUT2D eigenvalue weighted by molar-refractivity contribution is 7.13. The largest absolute Gasteiger partial charge is 0.378 e. The number of carbonyl (C=O) groups is 1. The lowest BCUT2D eigenvalue weighted by atomic mass is 10.2. The van der Waals surface area contributed by atoms with Crippen LogP contribution >= 0.6 is 11.3 Å². The van der Waals surface area contributed by atoms with Crippen LogP contribution in [0.15, 0.2) is 66.0 Å². The van der Waals surface area contributed by atoms with E-state index in [9.17, 15) is 9.18 Å². The number of amides is 1. The van der Waals surface area contributed by atoms with Crippen LogP contribution < -0.4 is 10.2 Å². The molecule has 2 aromatic carbocycles. The van der Waals surface area contributed by atoms with Gasteiger partial charge in [0.1, 0.15) is 5.82 Å². The van der Waals surface area contributed by atoms with Crippen molar-refractivity contribution in [2.45, 2.75) is 0 Å². The first-order valence-corrected chi connectivity index (χ1v) is 11.1. The molecule has 0 bridgehead atoms. The van der Waals surface area contributed by atoms with Crippen molar-refractivity contribution in [2.24, 2.45) is 0 Å². The number of aromatic nitrogens is 3. The highest BCUT2D eigenvalue weighted by Crippen LogP contribution is 2.28. The van der Waals surface area contributed by atoms with Crippen molar-refractivity contribution >= 4 is 28.6 Å². The number of ether oxygens (including phenoxy) is 1. The molecule has 1 aliphatic heterocycles. The van der Waals surface area contributed by atoms with Crippen molar-refractivity contribution in [1.82, 2.24) is 14.8 Å². The minimum absolute atomic E-state index is 0.0366. The van der Waals surface area contributed by atoms with E-state index in [-0.39, 0.29) is 11.6 Å². The van der Waals surface area contributed by atoms with Gasteiger partial charge in [-0.05, 0) is 47.8 Å². The van der Waals surface area contributed by atoms with Gasteiger partial charge in [0.2, 0.25) is 5.82 Å². The topological polar surface area (TPSA) is 72.3 Å². The summed E-state index contributed by atoms with van der Waals surface area (Å²) < 4.78 is 20.4. The number of rotatable bonds is 5. The van der Waals surface area contributed by atoms with Crippen LogP contribution in [0, 0.1) is 5.82 Å². The first kappa shape index (κ1) is 20.3. The molecule has 3 heterocycles. The van der Waals surface area contributed by atoms with Gasteiger partial charge in [0, 0.05) is 13.1 Å². The van der Waals surface area contributed by atoms with Crippen LogP contribution in [0.2, 0.25) is 0 Å². The lowest BCUT2D eigenvalue weighted by Crippen LogP contribution is -2.36. The SMILES string of the molecule is O=C(Nc1ccccc1N1CCOCC1)c1nc(-c2cccs2)n(-c2ccc(F)cc2)n1. The molecule has 0 radical (unpaired) electrons. The monoisotopic (exact) mass is 449 g/mol. The van der Waals surface area contributed by atoms with E-state index in [4.69, 9.17) is 4.74 Å². The molecule has 2 aromatic heterocycles. The fraction of sp³-hybridized carbons (Fsp3) is 0.174. The van der Waals surface area contributed by atoms with Crippen LogP contribution in [-0.2, 0) is 4.74 Å². The Labute approximate surface area is 188 Å². The number of carbonyl (C=O) groups excluding carboxylic acids is 1. The molecule has 0 spiro atoms. The maximum atomic E-state index is 13.4. The number of morpholine rings is 1. The van der Waals surface area contributed by atoms with Gasteiger partial charge >= 0.3 is 0 Å². The maximum Gasteiger partial charge on any atom is 0.295 e. The second kappa shape index (κ2) is 8.89. The number of anilines is 2. The number of nitrogens with one attached hydrogen (secondary N) is 1. The van der Waals surface area contributed by atoms with Gasteiger partial charge in [-0.15, -0.1) is 16.4 Å². The quantitative estimate of drug-likeness (QED) is 0.494. The van der Waals surface area contributed by atoms with Crippen molar-refractivity contribution in [1.29, 1.82) is 0 Å². The molecule has 4 aromatic rings. The second-order valence-electron chi connectivity index (χ2n) is 7.20. The highest BCUT2D eigenvalue weighted by Gasteiger charge is 2.21. The average Bonchev–Trinajstić information content (AvgIpc) is 3.51. The minimum atomic E-state index is -0.413. The van der Waals surface area contributed by atoms with Gasteiger partial charge in [0.05, 0.1) is 35.2 Å². The summed E-state index contributed by atoms with van der Waals surface area (Å²) >= 11 is 1.49. The van der Waals surface area contributed by atoms with Crippen molar-refractivity contribution < 1.29 is 13.9 Å². The Balaban J connectivity index is 1.47. The molecular weight excluding hydrogens is 429 g/mol. The Morgan fingerprint density at radius 1 is 1.03 bits per heavy atom. The third-order valence-corrected chi connectivity index (χ3v) is 5.99. The predicted molar refractivity (Wildman–Crippen MR) is 122 cm³/mol. The van der Waals surface area contributed by atoms with Gasteiger partial charge in [0.25, 0.3) is 5.91 Å². The van der Waals surface area contributed by atoms with E-state index in [1.54, 1.807) is 16.8 Å². The molecule has 0 atom stereocenters. The van der Waals surface area contributed by atoms with Crippen molar-refractivity contribution in [3.8, 4) is 16.4 Å². The molecule has 7 nitrogen and oxygen atoms in total. The van der Waals surface area contributed by atoms with Crippen molar-refractivity contribution in [2.75, 3.05) is 36.5 Å². The molecule has 1 amide bonds. The molecule has 1 N–H and O–H groups in total. The third-order valence-electron chi connectivity index (χ3n) is 5.13. The van der Waals surface area contributed by atoms with Crippen molar-refractivity contribution in [3.05, 3.63) is 77.7 Å². The zero-order chi connectivity index (χ0) is 21.9. The smallest absolute Gasteiger partial charge is 0.295 e. The van der Waals surface area contributed by atoms with Gasteiger partial charge in [-0.25, -0.2) is 14.1 Å². The predicted octanol–water partition coefficient (Wildman–Crippen LogP) is 4.22. The average molecular weight is 450 g/mol. The van der Waals surface area contributed by atoms with Gasteiger partial charge in [-0.1, -0.05) is 18.2 Å². The lowest BCUT2D eigenvalue weighted by molar-refractivity contribution is 0.101. The molecule has 162 valence electrons. The first-order valence-electron chi connectivity index (χ1n) is 10.2. The molecule has 0 unspecified atom stereocenters. The molecule has 1 saturated heterocycles. The number of nitrogens with zero attached hydrogens (tertiary/aromatic N) is 4. The summed E-state index contributed by atoms with van der Waals surface area (Å²) in [6.07, 6.45) is 0. The summed E-state index contributed by atoms with van der Waals surface area (Å²) in [5, 5.41) is 9.33. The Bertz CT molecular complexity index is 1220. The van der Waals surface area contributed by atoms with E-state index in [0.717, 1.165) is 23.7 Å². The van der Waals surface area contributed by atoms with Crippen molar-refractivity contribution in [3.63, 3.8) is 0 Å². The molecule has 1 aliphatic rings. The minimum Gasteiger partial charge on any atom is -0.378 e. The number of halogens is 1. The Morgan fingerprint density at radius 3 is 2.56 bits per heavy atom. The van der Waals surface area contributed by atoms with Crippen LogP contribution in [0.3, 0.4) is 0 Å². The molecule has 1 fully saturated rings. The highest BCUT2D eigenvalue weighted by atomic mass is 32.1. The maximum absolute atomic E-state index is 13.4. The summed E-state index contributed by atoms with van der Waals surface area (Å²) in [5.41, 5.74) is 2.24. The summed E-state index contributed by atoms with van der Waals surface area (Å²) in [6.45, 7) is 2.81. The third kappa shape index (κ3) is 4.12. The molecule has 0 saturated carbocycles. The Kier molecular flexibility index (Phi) is 5.66. The van der Waals surface area contributed by atoms with Gasteiger partial charge in [-0.2, -0.15) is 0 Å². The standard InChI is InChI=1S/C23H20FN5O2S/c24-16-7-9-17(10-8-16)29-22(20-6-3-15-32-20)26-21(27-29)23(30)25-18-4-1-2-5-19(18)28-11-13-31-14-12-28/h1-10,15H,11-14H2,(H,25,30). The van der Waals surface area contributed by atoms with Gasteiger partial charge < -0.3 is 15.0 Å². The zero-order valence-corrected chi connectivity index (χ0v) is 17.9. The zero-order valence-electron chi connectivity index (χ0n) is 17.1. The van der Waals surface area contributed by atoms with Crippen LogP contribution in [0.5, 0.6) is 0 Å². The van der Waals surface area contributed by atoms with E-state index in [1.807, 2.05) is 41.8 Å². The Hall–Kier alpha value is -3.56. The number of hydrogen-bond acceptors (Lipinski definition) is 6. The normalized spacial score (nSPS) is 13.8. The van der Waals surface area contributed by atoms with Gasteiger partial charge in [0.15, 0.2) is 5.82 Å². The fourth-order valence-corrected chi connectivity index (χ4v) is 4.27. The van der Waals surface area contributed by atoms with E-state index < -0.39 is 5.91 Å². The number of benzene rings is 2. The second-order valence-corrected chi connectivity index (χ2v) is 8.14. The number of thiophene rings is 1. The van der Waals surface area contributed by atoms with Crippen LogP contribution in [0.4, 0.5) is 15.8 Å². The summed E-state index contributed by atoms with van der Waals surface area (Å²) in [4.78, 5) is 20.7. The van der Waals surface area contributed by atoms with Crippen LogP contribution in [0.1, 0.15) is 10.6 Å². The first-order chi connectivity index (χ1) is 15.7. The van der Waals surface area contributed by atoms with E-state index in [1.165, 1.54) is 23.5 Å². The number of hydrogen-bond donors (Lipinski definition) is 1. The van der Waals surface area contributed by atoms with E-state index in [2.05, 4.69) is 20.3 Å². The lowest BCUT2D eigenvalue weighted by Gasteiger charge is -2.30. The van der Waals surface area contributed by atoms with E-state index >= 15 is 0 Å². The Morgan fingerprint density at radius 2 is 1.81 bits per heavy atom. The van der Waals surface area contributed by atoms with Crippen LogP contribution in [0.25, 0.3) is 16.4 Å². The van der Waals surface area contributed by atoms with Crippen LogP contribution in [-0.4, -0.2) is 47.0 Å². The molecular formula is C23H20FN5O2S. The molecule has 32 heavy (non-hydrogen) atoms. The molecule has 0 aliphatic carbocycles. The van der Waals surface area contributed by atoms with Gasteiger partial charge in [-0.3, -0.25) is 4.79 Å². The summed E-state index contributed by atoms with van der Waals surface area (Å²) in [7, 11) is 0. The number of para-hydroxylation sites is 2. The summed E-state index contributed by atoms with van der Waals surface area (Å²) in [5.74, 6) is -0.193. The molecule has 9 heteroatoms. The van der Waals surface area contributed by atoms with E-state index in [0.29, 0.717) is 30.4 Å². The summed E-state index contributed by atoms with van der Waals surface area (Å²) in [6, 6.07) is 17.4. The fourth-order valence-electron chi connectivity index (χ4n) is 3.57. The molecule has 5 rings (SSSR count).